The normalized spacial score (nSPS) is 12.5. The van der Waals surface area contributed by atoms with E-state index in [9.17, 15) is 0 Å². The van der Waals surface area contributed by atoms with Crippen LogP contribution >= 0.6 is 0 Å². The molecule has 0 radical (unpaired) electrons. The molecule has 0 N–H and O–H groups in total. The van der Waals surface area contributed by atoms with Gasteiger partial charge in [0.2, 0.25) is 0 Å². The van der Waals surface area contributed by atoms with Crippen LogP contribution in [0, 0.1) is 0 Å². The zero-order valence-corrected chi connectivity index (χ0v) is 38.2. The van der Waals surface area contributed by atoms with Gasteiger partial charge in [-0.2, -0.15) is 0 Å². The molecule has 0 bridgehead atoms. The van der Waals surface area contributed by atoms with Gasteiger partial charge >= 0.3 is 305 Å². The van der Waals surface area contributed by atoms with Crippen molar-refractivity contribution >= 4 is 37.6 Å². The number of aryl methyl sites for hydroxylation is 2. The van der Waals surface area contributed by atoms with E-state index >= 15 is 0 Å². The molecule has 2 aromatic rings. The summed E-state index contributed by atoms with van der Waals surface area (Å²) in [5.74, 6) is 0. The quantitative estimate of drug-likeness (QED) is 0.0626. The molecule has 5 heteroatoms. The van der Waals surface area contributed by atoms with E-state index in [1.807, 2.05) is 0 Å². The Bertz CT molecular complexity index is 973. The van der Waals surface area contributed by atoms with Crippen molar-refractivity contribution in [2.45, 2.75) is 157 Å². The molecule has 0 fully saturated rings. The molecule has 0 aliphatic carbocycles. The molecule has 0 saturated heterocycles. The van der Waals surface area contributed by atoms with Crippen molar-refractivity contribution in [3.8, 4) is 0 Å². The van der Waals surface area contributed by atoms with Crippen molar-refractivity contribution < 1.29 is 1.41 Å². The van der Waals surface area contributed by atoms with Crippen LogP contribution in [0.1, 0.15) is 127 Å². The number of unbranched alkanes of at least 4 members (excludes halogenated alkanes) is 6. The second-order valence-corrected chi connectivity index (χ2v) is 41.9. The van der Waals surface area contributed by atoms with Gasteiger partial charge in [-0.05, 0) is 0 Å². The summed E-state index contributed by atoms with van der Waals surface area (Å²) in [6, 6.07) is 18.4. The zero-order valence-electron chi connectivity index (χ0n) is 32.5. The van der Waals surface area contributed by atoms with E-state index in [1.165, 1.54) is 128 Å². The summed E-state index contributed by atoms with van der Waals surface area (Å²) in [5.41, 5.74) is 6.16. The SMILES string of the molecule is CCC[CH2][Sn]([CH2]CCC)([CH2]CCCc1ccccc1CN(C)C)[O][Sn]([CH2]CCC)([CH2]CCC)[CH2]CCCc1ccccc1CN(C)C. The van der Waals surface area contributed by atoms with E-state index in [0.717, 1.165) is 13.1 Å². The Labute approximate surface area is 302 Å². The van der Waals surface area contributed by atoms with E-state index in [4.69, 9.17) is 1.41 Å². The van der Waals surface area contributed by atoms with Crippen LogP contribution in [0.4, 0.5) is 0 Å². The number of nitrogens with zero attached hydrogens (tertiary/aromatic N) is 2. The molecule has 3 nitrogen and oxygen atoms in total. The third kappa shape index (κ3) is 17.1. The minimum absolute atomic E-state index is 1.04. The van der Waals surface area contributed by atoms with Gasteiger partial charge in [-0.25, -0.2) is 0 Å². The first kappa shape index (κ1) is 43.1. The van der Waals surface area contributed by atoms with E-state index in [2.05, 4.69) is 114 Å². The van der Waals surface area contributed by atoms with Crippen LogP contribution in [0.15, 0.2) is 48.5 Å². The van der Waals surface area contributed by atoms with Gasteiger partial charge in [0.05, 0.1) is 0 Å². The molecule has 0 atom stereocenters. The van der Waals surface area contributed by atoms with E-state index in [0.29, 0.717) is 0 Å². The van der Waals surface area contributed by atoms with Gasteiger partial charge in [-0.1, -0.05) is 0 Å². The van der Waals surface area contributed by atoms with Crippen molar-refractivity contribution in [3.05, 3.63) is 70.8 Å². The van der Waals surface area contributed by atoms with Crippen molar-refractivity contribution in [1.82, 2.24) is 9.80 Å². The number of benzene rings is 2. The summed E-state index contributed by atoms with van der Waals surface area (Å²) in [6.07, 6.45) is 18.8. The summed E-state index contributed by atoms with van der Waals surface area (Å²) >= 11 is -5.62. The summed E-state index contributed by atoms with van der Waals surface area (Å²) in [4.78, 5) is 4.62. The first-order valence-electron chi connectivity index (χ1n) is 19.8. The average molecular weight is 863 g/mol. The van der Waals surface area contributed by atoms with Gasteiger partial charge in [0.25, 0.3) is 0 Å². The minimum atomic E-state index is -2.81. The Hall–Kier alpha value is -0.0826. The van der Waals surface area contributed by atoms with Gasteiger partial charge in [-0.15, -0.1) is 0 Å². The molecular weight excluding hydrogens is 786 g/mol. The van der Waals surface area contributed by atoms with E-state index < -0.39 is 37.6 Å². The standard InChI is InChI=1S/2C13H20N.4C4H9.O.2Sn/c2*1-4-5-8-12-9-6-7-10-13(12)11-14(2)3;4*1-3-4-2;;;/h2*6-7,9-10H,1,4-5,8,11H2,2-3H3;4*1,3-4H2,2H3;;;. The third-order valence-corrected chi connectivity index (χ3v) is 51.0. The first-order chi connectivity index (χ1) is 22.7. The van der Waals surface area contributed by atoms with Crippen LogP contribution in [0.5, 0.6) is 0 Å². The molecule has 0 aliphatic heterocycles. The van der Waals surface area contributed by atoms with Gasteiger partial charge in [0.1, 0.15) is 0 Å². The summed E-state index contributed by atoms with van der Waals surface area (Å²) in [7, 11) is 8.77. The summed E-state index contributed by atoms with van der Waals surface area (Å²) < 4.78 is 17.2. The molecule has 0 spiro atoms. The molecule has 0 aromatic heterocycles. The van der Waals surface area contributed by atoms with Gasteiger partial charge in [0.15, 0.2) is 0 Å². The van der Waals surface area contributed by atoms with Crippen LogP contribution < -0.4 is 0 Å². The Morgan fingerprint density at radius 2 is 0.723 bits per heavy atom. The monoisotopic (exact) mass is 864 g/mol. The van der Waals surface area contributed by atoms with Crippen molar-refractivity contribution in [2.75, 3.05) is 28.2 Å². The predicted octanol–water partition coefficient (Wildman–Crippen LogP) is 12.3. The molecular formula is C42H76N2OSn2. The molecule has 0 heterocycles. The Balaban J connectivity index is 2.26. The molecule has 2 aromatic carbocycles. The van der Waals surface area contributed by atoms with Crippen molar-refractivity contribution in [3.63, 3.8) is 0 Å². The zero-order chi connectivity index (χ0) is 34.4. The Morgan fingerprint density at radius 1 is 0.426 bits per heavy atom. The van der Waals surface area contributed by atoms with Crippen molar-refractivity contribution in [1.29, 1.82) is 0 Å². The molecule has 0 amide bonds. The molecule has 0 unspecified atom stereocenters. The molecule has 2 rings (SSSR count). The molecule has 268 valence electrons. The number of hydrogen-bond donors (Lipinski definition) is 0. The Morgan fingerprint density at radius 3 is 1.02 bits per heavy atom. The van der Waals surface area contributed by atoms with Gasteiger partial charge in [0, 0.05) is 0 Å². The van der Waals surface area contributed by atoms with Gasteiger partial charge < -0.3 is 0 Å². The van der Waals surface area contributed by atoms with Crippen LogP contribution in [0.3, 0.4) is 0 Å². The van der Waals surface area contributed by atoms with E-state index in [1.54, 1.807) is 11.1 Å². The predicted molar refractivity (Wildman–Crippen MR) is 215 cm³/mol. The molecule has 0 aliphatic rings. The van der Waals surface area contributed by atoms with Gasteiger partial charge in [-0.3, -0.25) is 0 Å². The van der Waals surface area contributed by atoms with Crippen molar-refractivity contribution in [2.24, 2.45) is 0 Å². The number of hydrogen-bond acceptors (Lipinski definition) is 3. The van der Waals surface area contributed by atoms with E-state index in [-0.39, 0.29) is 0 Å². The Kier molecular flexibility index (Phi) is 22.9. The molecule has 0 saturated carbocycles. The van der Waals surface area contributed by atoms with Crippen LogP contribution in [0.25, 0.3) is 0 Å². The summed E-state index contributed by atoms with van der Waals surface area (Å²) in [6.45, 7) is 11.7. The first-order valence-corrected chi connectivity index (χ1v) is 34.3. The van der Waals surface area contributed by atoms with Crippen LogP contribution in [0.2, 0.25) is 26.6 Å². The molecule has 47 heavy (non-hydrogen) atoms. The summed E-state index contributed by atoms with van der Waals surface area (Å²) in [5, 5.41) is 0. The maximum absolute atomic E-state index is 8.30. The maximum atomic E-state index is 8.30. The van der Waals surface area contributed by atoms with Crippen LogP contribution in [-0.4, -0.2) is 75.6 Å². The second kappa shape index (κ2) is 25.0. The van der Waals surface area contributed by atoms with Crippen LogP contribution in [-0.2, 0) is 27.3 Å². The second-order valence-electron chi connectivity index (χ2n) is 15.3. The fourth-order valence-corrected chi connectivity index (χ4v) is 62.1. The topological polar surface area (TPSA) is 15.7 Å². The number of rotatable bonds is 28. The average Bonchev–Trinajstić information content (AvgIpc) is 3.05. The fraction of sp³-hybridized carbons (Fsp3) is 0.714. The fourth-order valence-electron chi connectivity index (χ4n) is 7.63. The third-order valence-electron chi connectivity index (χ3n) is 10.2.